The van der Waals surface area contributed by atoms with Gasteiger partial charge in [0.15, 0.2) is 0 Å². The average molecular weight is 505 g/mol. The highest BCUT2D eigenvalue weighted by atomic mass is 35.5. The van der Waals surface area contributed by atoms with Crippen LogP contribution in [0.3, 0.4) is 0 Å². The maximum absolute atomic E-state index is 13.4. The fourth-order valence-corrected chi connectivity index (χ4v) is 4.21. The Morgan fingerprint density at radius 1 is 1.00 bits per heavy atom. The lowest BCUT2D eigenvalue weighted by atomic mass is 10.1. The topological polar surface area (TPSA) is 61.9 Å². The van der Waals surface area contributed by atoms with E-state index in [4.69, 9.17) is 39.5 Å². The monoisotopic (exact) mass is 503 g/mol. The van der Waals surface area contributed by atoms with Gasteiger partial charge in [0.25, 0.3) is 5.91 Å². The molecule has 0 aromatic heterocycles. The molecule has 1 heterocycles. The third-order valence-electron chi connectivity index (χ3n) is 5.30. The van der Waals surface area contributed by atoms with Gasteiger partial charge in [-0.25, -0.2) is 10.0 Å². The largest absolute Gasteiger partial charge is 0.497 e. The number of hydrogen-bond donors (Lipinski definition) is 1. The molecule has 9 heteroatoms. The van der Waals surface area contributed by atoms with E-state index in [-0.39, 0.29) is 12.5 Å². The van der Waals surface area contributed by atoms with E-state index >= 15 is 0 Å². The van der Waals surface area contributed by atoms with Crippen molar-refractivity contribution < 1.29 is 14.3 Å². The zero-order valence-electron chi connectivity index (χ0n) is 17.6. The highest BCUT2D eigenvalue weighted by Gasteiger charge is 2.43. The zero-order valence-corrected chi connectivity index (χ0v) is 19.9. The van der Waals surface area contributed by atoms with Crippen LogP contribution in [0, 0.1) is 5.92 Å². The van der Waals surface area contributed by atoms with Gasteiger partial charge >= 0.3 is 0 Å². The summed E-state index contributed by atoms with van der Waals surface area (Å²) in [7, 11) is 1.57. The first-order valence-corrected chi connectivity index (χ1v) is 11.2. The number of carbonyl (C=O) groups excluding carboxylic acids is 2. The van der Waals surface area contributed by atoms with E-state index < -0.39 is 11.8 Å². The van der Waals surface area contributed by atoms with E-state index in [0.717, 1.165) is 5.56 Å². The first kappa shape index (κ1) is 23.4. The van der Waals surface area contributed by atoms with Gasteiger partial charge in [0.2, 0.25) is 5.91 Å². The summed E-state index contributed by atoms with van der Waals surface area (Å²) in [4.78, 5) is 26.4. The summed E-state index contributed by atoms with van der Waals surface area (Å²) < 4.78 is 5.14. The summed E-state index contributed by atoms with van der Waals surface area (Å²) in [6.07, 6.45) is 0. The van der Waals surface area contributed by atoms with Crippen LogP contribution < -0.4 is 15.1 Å². The van der Waals surface area contributed by atoms with Crippen LogP contribution in [0.15, 0.2) is 66.7 Å². The van der Waals surface area contributed by atoms with Crippen LogP contribution in [0.2, 0.25) is 15.1 Å². The molecule has 2 amide bonds. The number of hydrazine groups is 1. The quantitative estimate of drug-likeness (QED) is 0.439. The standard InChI is InChI=1S/C24H20Cl3N3O3/c1-33-20-10-6-18(7-11-20)28-23(31)21-14-29(13-15-2-3-17(26)12-22(15)27)30(24(21)32)19-8-4-16(25)5-9-19/h2-12,21H,13-14H2,1H3,(H,28,31). The molecule has 4 rings (SSSR count). The van der Waals surface area contributed by atoms with Crippen molar-refractivity contribution in [2.24, 2.45) is 5.92 Å². The van der Waals surface area contributed by atoms with Gasteiger partial charge in [0.05, 0.1) is 12.8 Å². The van der Waals surface area contributed by atoms with Crippen molar-refractivity contribution in [3.8, 4) is 5.75 Å². The highest BCUT2D eigenvalue weighted by molar-refractivity contribution is 6.35. The number of amides is 2. The molecule has 1 saturated heterocycles. The molecule has 33 heavy (non-hydrogen) atoms. The number of carbonyl (C=O) groups is 2. The molecule has 6 nitrogen and oxygen atoms in total. The molecule has 3 aromatic rings. The molecular formula is C24H20Cl3N3O3. The Balaban J connectivity index is 1.60. The molecule has 1 aliphatic rings. The van der Waals surface area contributed by atoms with Gasteiger partial charge in [0.1, 0.15) is 11.7 Å². The molecule has 0 radical (unpaired) electrons. The Morgan fingerprint density at radius 2 is 1.67 bits per heavy atom. The number of anilines is 2. The van der Waals surface area contributed by atoms with Crippen LogP contribution >= 0.6 is 34.8 Å². The zero-order chi connectivity index (χ0) is 23.5. The summed E-state index contributed by atoms with van der Waals surface area (Å²) in [6.45, 7) is 0.499. The van der Waals surface area contributed by atoms with Gasteiger partial charge in [0, 0.05) is 33.8 Å². The van der Waals surface area contributed by atoms with Crippen LogP contribution in [-0.4, -0.2) is 30.5 Å². The van der Waals surface area contributed by atoms with E-state index in [1.165, 1.54) is 5.01 Å². The van der Waals surface area contributed by atoms with Gasteiger partial charge in [-0.1, -0.05) is 40.9 Å². The molecule has 0 aliphatic carbocycles. The molecule has 1 aliphatic heterocycles. The number of hydrogen-bond acceptors (Lipinski definition) is 4. The van der Waals surface area contributed by atoms with E-state index in [1.807, 2.05) is 0 Å². The maximum atomic E-state index is 13.4. The van der Waals surface area contributed by atoms with Crippen LogP contribution in [0.5, 0.6) is 5.75 Å². The summed E-state index contributed by atoms with van der Waals surface area (Å²) >= 11 is 18.4. The van der Waals surface area contributed by atoms with Crippen LogP contribution in [-0.2, 0) is 16.1 Å². The second-order valence-electron chi connectivity index (χ2n) is 7.48. The van der Waals surface area contributed by atoms with Crippen molar-refractivity contribution in [3.05, 3.63) is 87.4 Å². The third-order valence-corrected chi connectivity index (χ3v) is 6.14. The number of methoxy groups -OCH3 is 1. The number of rotatable bonds is 6. The Morgan fingerprint density at radius 3 is 2.30 bits per heavy atom. The number of benzene rings is 3. The minimum atomic E-state index is -0.908. The first-order valence-electron chi connectivity index (χ1n) is 10.1. The minimum Gasteiger partial charge on any atom is -0.497 e. The fourth-order valence-electron chi connectivity index (χ4n) is 3.61. The highest BCUT2D eigenvalue weighted by Crippen LogP contribution is 2.31. The van der Waals surface area contributed by atoms with Crippen molar-refractivity contribution in [3.63, 3.8) is 0 Å². The molecule has 1 fully saturated rings. The smallest absolute Gasteiger partial charge is 0.255 e. The molecule has 0 saturated carbocycles. The average Bonchev–Trinajstić information content (AvgIpc) is 3.12. The van der Waals surface area contributed by atoms with E-state index in [0.29, 0.717) is 38.7 Å². The second-order valence-corrected chi connectivity index (χ2v) is 8.76. The van der Waals surface area contributed by atoms with Crippen molar-refractivity contribution >= 4 is 58.0 Å². The van der Waals surface area contributed by atoms with E-state index in [1.54, 1.807) is 78.8 Å². The summed E-state index contributed by atoms with van der Waals surface area (Å²) in [5.74, 6) is -0.971. The molecule has 1 unspecified atom stereocenters. The van der Waals surface area contributed by atoms with Gasteiger partial charge < -0.3 is 10.1 Å². The third kappa shape index (κ3) is 5.25. The number of nitrogens with zero attached hydrogens (tertiary/aromatic N) is 2. The normalized spacial score (nSPS) is 16.2. The van der Waals surface area contributed by atoms with Crippen LogP contribution in [0.25, 0.3) is 0 Å². The lowest BCUT2D eigenvalue weighted by molar-refractivity contribution is -0.128. The SMILES string of the molecule is COc1ccc(NC(=O)C2CN(Cc3ccc(Cl)cc3Cl)N(c3ccc(Cl)cc3)C2=O)cc1. The maximum Gasteiger partial charge on any atom is 0.255 e. The van der Waals surface area contributed by atoms with Crippen LogP contribution in [0.4, 0.5) is 11.4 Å². The minimum absolute atomic E-state index is 0.183. The van der Waals surface area contributed by atoms with Gasteiger partial charge in [-0.2, -0.15) is 0 Å². The summed E-state index contributed by atoms with van der Waals surface area (Å²) in [5.41, 5.74) is 1.96. The van der Waals surface area contributed by atoms with E-state index in [2.05, 4.69) is 5.32 Å². The van der Waals surface area contributed by atoms with Crippen molar-refractivity contribution in [1.82, 2.24) is 5.01 Å². The lowest BCUT2D eigenvalue weighted by Gasteiger charge is -2.28. The summed E-state index contributed by atoms with van der Waals surface area (Å²) in [5, 5.41) is 7.66. The van der Waals surface area contributed by atoms with Crippen molar-refractivity contribution in [1.29, 1.82) is 0 Å². The Bertz CT molecular complexity index is 1170. The van der Waals surface area contributed by atoms with E-state index in [9.17, 15) is 9.59 Å². The van der Waals surface area contributed by atoms with Gasteiger partial charge in [-0.15, -0.1) is 0 Å². The second kappa shape index (κ2) is 10.0. The Kier molecular flexibility index (Phi) is 7.10. The molecule has 1 atom stereocenters. The predicted molar refractivity (Wildman–Crippen MR) is 131 cm³/mol. The van der Waals surface area contributed by atoms with Gasteiger partial charge in [-0.3, -0.25) is 9.59 Å². The Hall–Kier alpha value is -2.77. The number of nitrogens with one attached hydrogen (secondary N) is 1. The van der Waals surface area contributed by atoms with Crippen molar-refractivity contribution in [2.75, 3.05) is 24.0 Å². The molecular weight excluding hydrogens is 485 g/mol. The number of ether oxygens (including phenoxy) is 1. The Labute approximate surface area is 206 Å². The van der Waals surface area contributed by atoms with Crippen molar-refractivity contribution in [2.45, 2.75) is 6.54 Å². The molecule has 0 spiro atoms. The molecule has 3 aromatic carbocycles. The first-order chi connectivity index (χ1) is 15.9. The molecule has 0 bridgehead atoms. The summed E-state index contributed by atoms with van der Waals surface area (Å²) in [6, 6.07) is 19.0. The fraction of sp³-hybridized carbons (Fsp3) is 0.167. The molecule has 170 valence electrons. The predicted octanol–water partition coefficient (Wildman–Crippen LogP) is 5.67. The van der Waals surface area contributed by atoms with Gasteiger partial charge in [-0.05, 0) is 66.2 Å². The molecule has 1 N–H and O–H groups in total. The van der Waals surface area contributed by atoms with Crippen LogP contribution in [0.1, 0.15) is 5.56 Å². The lowest BCUT2D eigenvalue weighted by Crippen LogP contribution is -2.39. The number of halogens is 3.